The molecule has 0 radical (unpaired) electrons. The number of amides is 1. The molecule has 186 valence electrons. The molecule has 0 saturated heterocycles. The smallest absolute Gasteiger partial charge is 0.230 e. The van der Waals surface area contributed by atoms with Crippen molar-refractivity contribution in [2.24, 2.45) is 11.8 Å². The molecule has 2 atom stereocenters. The quantitative estimate of drug-likeness (QED) is 0.267. The average molecular weight is 512 g/mol. The standard InChI is InChI=1S/C29H26FN5OS/c30-23-11-13-24(14-12-23)35-25-15-10-21(16-22(25)17-32-35)26(19-6-2-1-3-7-19)27(20-8-4-5-9-20)28(36)33-29-34-31-18-37-29/h1-3,6-7,10-18,20,26-27H,4-5,8-9H2,(H,33,34,36). The van der Waals surface area contributed by atoms with Crippen LogP contribution in [-0.4, -0.2) is 25.9 Å². The van der Waals surface area contributed by atoms with Gasteiger partial charge in [0.1, 0.15) is 11.3 Å². The van der Waals surface area contributed by atoms with E-state index in [0.29, 0.717) is 5.13 Å². The van der Waals surface area contributed by atoms with Crippen LogP contribution < -0.4 is 5.32 Å². The van der Waals surface area contributed by atoms with E-state index in [9.17, 15) is 9.18 Å². The highest BCUT2D eigenvalue weighted by Crippen LogP contribution is 2.44. The van der Waals surface area contributed by atoms with Gasteiger partial charge in [-0.05, 0) is 66.3 Å². The Balaban J connectivity index is 1.44. The van der Waals surface area contributed by atoms with Gasteiger partial charge in [0.05, 0.1) is 23.3 Å². The molecular weight excluding hydrogens is 485 g/mol. The van der Waals surface area contributed by atoms with Gasteiger partial charge in [-0.15, -0.1) is 10.2 Å². The molecule has 5 aromatic rings. The summed E-state index contributed by atoms with van der Waals surface area (Å²) < 4.78 is 15.3. The van der Waals surface area contributed by atoms with Gasteiger partial charge in [-0.2, -0.15) is 5.10 Å². The molecule has 1 amide bonds. The summed E-state index contributed by atoms with van der Waals surface area (Å²) in [6, 6.07) is 22.9. The van der Waals surface area contributed by atoms with Crippen LogP contribution in [-0.2, 0) is 4.79 Å². The lowest BCUT2D eigenvalue weighted by Crippen LogP contribution is -2.34. The van der Waals surface area contributed by atoms with Crippen molar-refractivity contribution in [3.63, 3.8) is 0 Å². The fourth-order valence-corrected chi connectivity index (χ4v) is 6.12. The Morgan fingerprint density at radius 1 is 1.00 bits per heavy atom. The molecular formula is C29H26FN5OS. The molecule has 0 spiro atoms. The maximum atomic E-state index is 13.8. The minimum atomic E-state index is -0.280. The number of carbonyl (C=O) groups is 1. The molecule has 0 aliphatic heterocycles. The van der Waals surface area contributed by atoms with E-state index in [1.807, 2.05) is 35.1 Å². The van der Waals surface area contributed by atoms with Gasteiger partial charge in [-0.25, -0.2) is 9.07 Å². The molecule has 2 aromatic heterocycles. The number of hydrogen-bond acceptors (Lipinski definition) is 5. The van der Waals surface area contributed by atoms with Crippen LogP contribution in [0.2, 0.25) is 0 Å². The Kier molecular flexibility index (Phi) is 6.49. The lowest BCUT2D eigenvalue weighted by Gasteiger charge is -2.31. The molecule has 1 N–H and O–H groups in total. The molecule has 3 aromatic carbocycles. The van der Waals surface area contributed by atoms with Crippen molar-refractivity contribution in [2.45, 2.75) is 31.6 Å². The molecule has 2 unspecified atom stereocenters. The van der Waals surface area contributed by atoms with E-state index >= 15 is 0 Å². The Labute approximate surface area is 218 Å². The van der Waals surface area contributed by atoms with Gasteiger partial charge in [0, 0.05) is 11.3 Å². The van der Waals surface area contributed by atoms with Crippen molar-refractivity contribution in [3.05, 3.63) is 101 Å². The topological polar surface area (TPSA) is 72.7 Å². The first-order valence-electron chi connectivity index (χ1n) is 12.5. The summed E-state index contributed by atoms with van der Waals surface area (Å²) in [6.07, 6.45) is 6.16. The predicted octanol–water partition coefficient (Wildman–Crippen LogP) is 6.59. The van der Waals surface area contributed by atoms with Crippen LogP contribution in [0.25, 0.3) is 16.6 Å². The van der Waals surface area contributed by atoms with Crippen molar-refractivity contribution < 1.29 is 9.18 Å². The SMILES string of the molecule is O=C(Nc1nncs1)C(C1CCCC1)C(c1ccccc1)c1ccc2c(cnn2-c2ccc(F)cc2)c1. The van der Waals surface area contributed by atoms with Crippen molar-refractivity contribution in [1.82, 2.24) is 20.0 Å². The molecule has 0 bridgehead atoms. The summed E-state index contributed by atoms with van der Waals surface area (Å²) in [5.74, 6) is -0.400. The van der Waals surface area contributed by atoms with Gasteiger partial charge < -0.3 is 5.32 Å². The maximum absolute atomic E-state index is 13.8. The van der Waals surface area contributed by atoms with Crippen LogP contribution in [0.3, 0.4) is 0 Å². The lowest BCUT2D eigenvalue weighted by atomic mass is 9.73. The third-order valence-corrected chi connectivity index (χ3v) is 7.95. The summed E-state index contributed by atoms with van der Waals surface area (Å²) in [5.41, 5.74) is 5.53. The number of anilines is 1. The molecule has 1 fully saturated rings. The summed E-state index contributed by atoms with van der Waals surface area (Å²) in [5, 5.41) is 17.0. The second kappa shape index (κ2) is 10.2. The van der Waals surface area contributed by atoms with Crippen LogP contribution >= 0.6 is 11.3 Å². The fraction of sp³-hybridized carbons (Fsp3) is 0.241. The average Bonchev–Trinajstić information content (AvgIpc) is 3.70. The Hall–Kier alpha value is -3.91. The van der Waals surface area contributed by atoms with Gasteiger partial charge in [0.25, 0.3) is 0 Å². The van der Waals surface area contributed by atoms with Gasteiger partial charge in [-0.3, -0.25) is 4.79 Å². The van der Waals surface area contributed by atoms with E-state index in [-0.39, 0.29) is 29.5 Å². The Bertz CT molecular complexity index is 1490. The van der Waals surface area contributed by atoms with Gasteiger partial charge in [0.15, 0.2) is 0 Å². The van der Waals surface area contributed by atoms with Crippen molar-refractivity contribution in [1.29, 1.82) is 0 Å². The third kappa shape index (κ3) is 4.76. The van der Waals surface area contributed by atoms with E-state index < -0.39 is 0 Å². The minimum Gasteiger partial charge on any atom is -0.300 e. The molecule has 1 aliphatic rings. The Morgan fingerprint density at radius 3 is 2.51 bits per heavy atom. The van der Waals surface area contributed by atoms with Crippen molar-refractivity contribution >= 4 is 33.3 Å². The summed E-state index contributed by atoms with van der Waals surface area (Å²) >= 11 is 1.33. The zero-order chi connectivity index (χ0) is 25.2. The molecule has 1 aliphatic carbocycles. The summed E-state index contributed by atoms with van der Waals surface area (Å²) in [4.78, 5) is 13.8. The van der Waals surface area contributed by atoms with Crippen molar-refractivity contribution in [2.75, 3.05) is 5.32 Å². The van der Waals surface area contributed by atoms with Crippen LogP contribution in [0.5, 0.6) is 0 Å². The fourth-order valence-electron chi connectivity index (χ4n) is 5.67. The monoisotopic (exact) mass is 511 g/mol. The number of nitrogens with one attached hydrogen (secondary N) is 1. The third-order valence-electron chi connectivity index (χ3n) is 7.34. The van der Waals surface area contributed by atoms with Crippen LogP contribution in [0, 0.1) is 17.7 Å². The second-order valence-corrected chi connectivity index (χ2v) is 10.4. The Morgan fingerprint density at radius 2 is 1.78 bits per heavy atom. The van der Waals surface area contributed by atoms with E-state index in [1.165, 1.54) is 23.5 Å². The minimum absolute atomic E-state index is 0.0143. The van der Waals surface area contributed by atoms with E-state index in [2.05, 4.69) is 44.9 Å². The van der Waals surface area contributed by atoms with E-state index in [4.69, 9.17) is 0 Å². The lowest BCUT2D eigenvalue weighted by molar-refractivity contribution is -0.122. The zero-order valence-electron chi connectivity index (χ0n) is 20.1. The molecule has 6 rings (SSSR count). The molecule has 1 saturated carbocycles. The van der Waals surface area contributed by atoms with Gasteiger partial charge in [0.2, 0.25) is 11.0 Å². The molecule has 37 heavy (non-hydrogen) atoms. The normalized spacial score (nSPS) is 15.6. The highest BCUT2D eigenvalue weighted by Gasteiger charge is 2.39. The second-order valence-electron chi connectivity index (χ2n) is 9.54. The van der Waals surface area contributed by atoms with Crippen LogP contribution in [0.4, 0.5) is 9.52 Å². The van der Waals surface area contributed by atoms with Gasteiger partial charge >= 0.3 is 0 Å². The molecule has 8 heteroatoms. The number of nitrogens with zero attached hydrogens (tertiary/aromatic N) is 4. The molecule has 2 heterocycles. The number of aromatic nitrogens is 4. The van der Waals surface area contributed by atoms with Crippen LogP contribution in [0.15, 0.2) is 84.5 Å². The first kappa shape index (κ1) is 23.5. The van der Waals surface area contributed by atoms with Crippen LogP contribution in [0.1, 0.15) is 42.7 Å². The summed E-state index contributed by atoms with van der Waals surface area (Å²) in [7, 11) is 0. The number of carbonyl (C=O) groups excluding carboxylic acids is 1. The van der Waals surface area contributed by atoms with Crippen molar-refractivity contribution in [3.8, 4) is 5.69 Å². The highest BCUT2D eigenvalue weighted by molar-refractivity contribution is 7.13. The zero-order valence-corrected chi connectivity index (χ0v) is 20.9. The first-order valence-corrected chi connectivity index (χ1v) is 13.4. The summed E-state index contributed by atoms with van der Waals surface area (Å²) in [6.45, 7) is 0. The van der Waals surface area contributed by atoms with E-state index in [0.717, 1.165) is 53.4 Å². The number of hydrogen-bond donors (Lipinski definition) is 1. The van der Waals surface area contributed by atoms with E-state index in [1.54, 1.807) is 17.6 Å². The maximum Gasteiger partial charge on any atom is 0.230 e. The number of benzene rings is 3. The number of fused-ring (bicyclic) bond motifs is 1. The highest BCUT2D eigenvalue weighted by atomic mass is 32.1. The molecule has 6 nitrogen and oxygen atoms in total. The number of halogens is 1. The largest absolute Gasteiger partial charge is 0.300 e. The predicted molar refractivity (Wildman–Crippen MR) is 143 cm³/mol. The number of rotatable bonds is 7. The van der Waals surface area contributed by atoms with Gasteiger partial charge in [-0.1, -0.05) is 60.6 Å². The first-order chi connectivity index (χ1) is 18.2.